The molecule has 1 saturated heterocycles. The van der Waals surface area contributed by atoms with Crippen molar-refractivity contribution in [2.75, 3.05) is 26.2 Å². The SMILES string of the molecule is CCN(CC)CCCN1C(=O)C(=O)C(=C(O)c2cc(Br)ccc2O)[C@@H]1c1ccc(C)cc1. The maximum absolute atomic E-state index is 13.1. The highest BCUT2D eigenvalue weighted by Crippen LogP contribution is 2.41. The zero-order chi connectivity index (χ0) is 23.4. The second kappa shape index (κ2) is 10.3. The van der Waals surface area contributed by atoms with E-state index in [1.165, 1.54) is 17.0 Å². The predicted molar refractivity (Wildman–Crippen MR) is 128 cm³/mol. The molecule has 0 spiro atoms. The highest BCUT2D eigenvalue weighted by molar-refractivity contribution is 9.10. The van der Waals surface area contributed by atoms with Crippen molar-refractivity contribution in [3.63, 3.8) is 0 Å². The Balaban J connectivity index is 2.06. The van der Waals surface area contributed by atoms with Crippen LogP contribution in [0.5, 0.6) is 5.75 Å². The zero-order valence-electron chi connectivity index (χ0n) is 18.6. The number of likely N-dealkylation sites (tertiary alicyclic amines) is 1. The summed E-state index contributed by atoms with van der Waals surface area (Å²) in [6.45, 7) is 9.17. The summed E-state index contributed by atoms with van der Waals surface area (Å²) in [7, 11) is 0. The Morgan fingerprint density at radius 2 is 1.75 bits per heavy atom. The predicted octanol–water partition coefficient (Wildman–Crippen LogP) is 4.62. The molecule has 1 amide bonds. The van der Waals surface area contributed by atoms with Crippen molar-refractivity contribution in [1.29, 1.82) is 0 Å². The molecule has 32 heavy (non-hydrogen) atoms. The average molecular weight is 501 g/mol. The third kappa shape index (κ3) is 4.89. The van der Waals surface area contributed by atoms with Crippen molar-refractivity contribution < 1.29 is 19.8 Å². The van der Waals surface area contributed by atoms with Crippen LogP contribution in [0.1, 0.15) is 43.0 Å². The summed E-state index contributed by atoms with van der Waals surface area (Å²) in [5.74, 6) is -1.92. The van der Waals surface area contributed by atoms with Crippen LogP contribution in [0.3, 0.4) is 0 Å². The van der Waals surface area contributed by atoms with E-state index in [0.29, 0.717) is 17.4 Å². The molecule has 0 aliphatic carbocycles. The van der Waals surface area contributed by atoms with Crippen LogP contribution in [-0.4, -0.2) is 57.9 Å². The highest BCUT2D eigenvalue weighted by Gasteiger charge is 2.46. The molecular formula is C25H29BrN2O4. The molecule has 170 valence electrons. The monoisotopic (exact) mass is 500 g/mol. The van der Waals surface area contributed by atoms with Crippen LogP contribution in [0, 0.1) is 6.92 Å². The van der Waals surface area contributed by atoms with E-state index in [2.05, 4.69) is 34.7 Å². The molecule has 1 aliphatic heterocycles. The number of hydrogen-bond donors (Lipinski definition) is 2. The second-order valence-corrected chi connectivity index (χ2v) is 8.86. The maximum atomic E-state index is 13.1. The molecule has 1 heterocycles. The number of aryl methyl sites for hydroxylation is 1. The molecule has 1 fully saturated rings. The Labute approximate surface area is 197 Å². The summed E-state index contributed by atoms with van der Waals surface area (Å²) in [5, 5.41) is 21.4. The number of carbonyl (C=O) groups excluding carboxylic acids is 2. The molecule has 0 radical (unpaired) electrons. The van der Waals surface area contributed by atoms with E-state index in [9.17, 15) is 19.8 Å². The number of ketones is 1. The lowest BCUT2D eigenvalue weighted by Gasteiger charge is -2.27. The van der Waals surface area contributed by atoms with Gasteiger partial charge in [0, 0.05) is 11.0 Å². The number of carbonyl (C=O) groups is 2. The van der Waals surface area contributed by atoms with Crippen molar-refractivity contribution in [2.45, 2.75) is 33.2 Å². The first-order chi connectivity index (χ1) is 15.3. The molecule has 3 rings (SSSR count). The van der Waals surface area contributed by atoms with E-state index in [0.717, 1.165) is 30.8 Å². The van der Waals surface area contributed by atoms with Crippen LogP contribution < -0.4 is 0 Å². The number of benzene rings is 2. The number of Topliss-reactive ketones (excluding diaryl/α,β-unsaturated/α-hetero) is 1. The molecule has 0 aromatic heterocycles. The Kier molecular flexibility index (Phi) is 7.74. The van der Waals surface area contributed by atoms with E-state index < -0.39 is 17.7 Å². The molecule has 2 aromatic carbocycles. The number of aliphatic hydroxyl groups is 1. The van der Waals surface area contributed by atoms with Gasteiger partial charge in [-0.3, -0.25) is 9.59 Å². The quantitative estimate of drug-likeness (QED) is 0.314. The summed E-state index contributed by atoms with van der Waals surface area (Å²) in [5.41, 5.74) is 1.90. The fourth-order valence-electron chi connectivity index (χ4n) is 4.05. The molecule has 6 nitrogen and oxygen atoms in total. The Morgan fingerprint density at radius 3 is 2.38 bits per heavy atom. The van der Waals surface area contributed by atoms with E-state index >= 15 is 0 Å². The molecule has 7 heteroatoms. The number of amides is 1. The minimum absolute atomic E-state index is 0.00454. The fourth-order valence-corrected chi connectivity index (χ4v) is 4.41. The van der Waals surface area contributed by atoms with Crippen molar-refractivity contribution in [2.24, 2.45) is 0 Å². The molecule has 1 aliphatic rings. The van der Waals surface area contributed by atoms with Crippen LogP contribution in [0.2, 0.25) is 0 Å². The maximum Gasteiger partial charge on any atom is 0.295 e. The largest absolute Gasteiger partial charge is 0.507 e. The van der Waals surface area contributed by atoms with E-state index in [1.54, 1.807) is 6.07 Å². The lowest BCUT2D eigenvalue weighted by molar-refractivity contribution is -0.140. The number of halogens is 1. The number of phenolic OH excluding ortho intramolecular Hbond substituents is 1. The Hall–Kier alpha value is -2.64. The highest BCUT2D eigenvalue weighted by atomic mass is 79.9. The zero-order valence-corrected chi connectivity index (χ0v) is 20.2. The first kappa shape index (κ1) is 24.0. The van der Waals surface area contributed by atoms with Gasteiger partial charge in [0.05, 0.1) is 17.2 Å². The van der Waals surface area contributed by atoms with Gasteiger partial charge in [0.2, 0.25) is 0 Å². The molecular weight excluding hydrogens is 472 g/mol. The fraction of sp³-hybridized carbons (Fsp3) is 0.360. The van der Waals surface area contributed by atoms with Gasteiger partial charge in [-0.05, 0) is 56.7 Å². The van der Waals surface area contributed by atoms with Crippen molar-refractivity contribution in [3.05, 3.63) is 69.2 Å². The minimum atomic E-state index is -0.740. The second-order valence-electron chi connectivity index (χ2n) is 7.95. The van der Waals surface area contributed by atoms with E-state index in [-0.39, 0.29) is 22.6 Å². The van der Waals surface area contributed by atoms with Gasteiger partial charge in [-0.1, -0.05) is 59.6 Å². The number of aromatic hydroxyl groups is 1. The van der Waals surface area contributed by atoms with Crippen LogP contribution in [0.25, 0.3) is 5.76 Å². The normalized spacial score (nSPS) is 18.0. The third-order valence-electron chi connectivity index (χ3n) is 5.91. The summed E-state index contributed by atoms with van der Waals surface area (Å²) in [6.07, 6.45) is 0.708. The molecule has 0 saturated carbocycles. The topological polar surface area (TPSA) is 81.1 Å². The Bertz CT molecular complexity index is 1030. The molecule has 0 unspecified atom stereocenters. The van der Waals surface area contributed by atoms with Gasteiger partial charge in [0.15, 0.2) is 0 Å². The summed E-state index contributed by atoms with van der Waals surface area (Å²) in [6, 6.07) is 11.5. The number of rotatable bonds is 8. The van der Waals surface area contributed by atoms with Gasteiger partial charge in [-0.25, -0.2) is 0 Å². The minimum Gasteiger partial charge on any atom is -0.507 e. The van der Waals surface area contributed by atoms with E-state index in [1.807, 2.05) is 31.2 Å². The van der Waals surface area contributed by atoms with Crippen molar-refractivity contribution in [1.82, 2.24) is 9.80 Å². The first-order valence-electron chi connectivity index (χ1n) is 10.8. The van der Waals surface area contributed by atoms with Gasteiger partial charge in [0.1, 0.15) is 11.5 Å². The van der Waals surface area contributed by atoms with Crippen molar-refractivity contribution in [3.8, 4) is 5.75 Å². The average Bonchev–Trinajstić information content (AvgIpc) is 3.03. The van der Waals surface area contributed by atoms with Gasteiger partial charge in [-0.2, -0.15) is 0 Å². The smallest absolute Gasteiger partial charge is 0.295 e. The third-order valence-corrected chi connectivity index (χ3v) is 6.41. The molecule has 2 N–H and O–H groups in total. The molecule has 0 bridgehead atoms. The van der Waals surface area contributed by atoms with Gasteiger partial charge in [0.25, 0.3) is 11.7 Å². The number of nitrogens with zero attached hydrogens (tertiary/aromatic N) is 2. The Morgan fingerprint density at radius 1 is 1.09 bits per heavy atom. The van der Waals surface area contributed by atoms with Crippen molar-refractivity contribution >= 4 is 33.4 Å². The standard InChI is InChI=1S/C25H29BrN2O4/c1-4-27(5-2)13-6-14-28-22(17-9-7-16(3)8-10-17)21(24(31)25(28)32)23(30)19-15-18(26)11-12-20(19)29/h7-12,15,22,29-30H,4-6,13-14H2,1-3H3/t22-/m0/s1. The van der Waals surface area contributed by atoms with Gasteiger partial charge < -0.3 is 20.0 Å². The van der Waals surface area contributed by atoms with Crippen LogP contribution in [0.4, 0.5) is 0 Å². The van der Waals surface area contributed by atoms with E-state index in [4.69, 9.17) is 0 Å². The van der Waals surface area contributed by atoms with Crippen LogP contribution in [-0.2, 0) is 9.59 Å². The lowest BCUT2D eigenvalue weighted by atomic mass is 9.94. The molecule has 2 aromatic rings. The number of phenols is 1. The number of aliphatic hydroxyl groups excluding tert-OH is 1. The van der Waals surface area contributed by atoms with Gasteiger partial charge >= 0.3 is 0 Å². The molecule has 1 atom stereocenters. The first-order valence-corrected chi connectivity index (χ1v) is 11.6. The van der Waals surface area contributed by atoms with Crippen LogP contribution in [0.15, 0.2) is 52.5 Å². The number of hydrogen-bond acceptors (Lipinski definition) is 5. The summed E-state index contributed by atoms with van der Waals surface area (Å²) < 4.78 is 0.636. The summed E-state index contributed by atoms with van der Waals surface area (Å²) >= 11 is 3.33. The van der Waals surface area contributed by atoms with Crippen LogP contribution >= 0.6 is 15.9 Å². The van der Waals surface area contributed by atoms with Gasteiger partial charge in [-0.15, -0.1) is 0 Å². The summed E-state index contributed by atoms with van der Waals surface area (Å²) in [4.78, 5) is 29.9. The lowest BCUT2D eigenvalue weighted by Crippen LogP contribution is -2.33.